The molecule has 0 fully saturated rings. The van der Waals surface area contributed by atoms with Crippen LogP contribution in [0, 0.1) is 6.92 Å². The Morgan fingerprint density at radius 3 is 2.61 bits per heavy atom. The predicted octanol–water partition coefficient (Wildman–Crippen LogP) is 3.35. The van der Waals surface area contributed by atoms with Gasteiger partial charge in [-0.05, 0) is 31.0 Å². The van der Waals surface area contributed by atoms with Crippen LogP contribution in [0.15, 0.2) is 27.9 Å². The summed E-state index contributed by atoms with van der Waals surface area (Å²) in [4.78, 5) is 14.2. The molecule has 126 valence electrons. The average molecular weight is 357 g/mol. The van der Waals surface area contributed by atoms with Crippen LogP contribution in [0.5, 0.6) is 0 Å². The second kappa shape index (κ2) is 7.47. The minimum atomic E-state index is -3.67. The lowest BCUT2D eigenvalue weighted by molar-refractivity contribution is 0.574. The standard InChI is InChI=1S/C16H21ClN2O3S/c1-3-4-5-6-7-18-23(21,22)15-9-12-11(2)8-16(20)19-14(12)10-13(15)17/h8-10,18H,3-7H2,1-2H3,(H,19,20). The van der Waals surface area contributed by atoms with Crippen molar-refractivity contribution < 1.29 is 8.42 Å². The van der Waals surface area contributed by atoms with E-state index >= 15 is 0 Å². The molecule has 0 bridgehead atoms. The first kappa shape index (κ1) is 18.0. The smallest absolute Gasteiger partial charge is 0.248 e. The van der Waals surface area contributed by atoms with E-state index in [1.807, 2.05) is 0 Å². The van der Waals surface area contributed by atoms with Crippen molar-refractivity contribution in [2.24, 2.45) is 0 Å². The highest BCUT2D eigenvalue weighted by Crippen LogP contribution is 2.27. The van der Waals surface area contributed by atoms with Gasteiger partial charge in [0.1, 0.15) is 4.90 Å². The van der Waals surface area contributed by atoms with Crippen molar-refractivity contribution >= 4 is 32.5 Å². The number of aryl methyl sites for hydroxylation is 1. The van der Waals surface area contributed by atoms with E-state index in [1.165, 1.54) is 18.2 Å². The second-order valence-electron chi connectivity index (χ2n) is 5.60. The Hall–Kier alpha value is -1.37. The van der Waals surface area contributed by atoms with Gasteiger partial charge in [0.15, 0.2) is 0 Å². The van der Waals surface area contributed by atoms with Gasteiger partial charge in [-0.25, -0.2) is 13.1 Å². The van der Waals surface area contributed by atoms with Gasteiger partial charge in [0.05, 0.1) is 10.5 Å². The SMILES string of the molecule is CCCCCCNS(=O)(=O)c1cc2c(C)cc(=O)[nH]c2cc1Cl. The third-order valence-corrected chi connectivity index (χ3v) is 5.64. The number of halogens is 1. The van der Waals surface area contributed by atoms with Crippen LogP contribution in [-0.4, -0.2) is 19.9 Å². The molecule has 0 saturated carbocycles. The minimum absolute atomic E-state index is 0.0392. The molecule has 2 rings (SSSR count). The number of fused-ring (bicyclic) bond motifs is 1. The summed E-state index contributed by atoms with van der Waals surface area (Å²) in [5, 5.41) is 0.764. The molecule has 0 radical (unpaired) electrons. The summed E-state index contributed by atoms with van der Waals surface area (Å²) in [7, 11) is -3.67. The third-order valence-electron chi connectivity index (χ3n) is 3.71. The van der Waals surface area contributed by atoms with Crippen LogP contribution in [0.25, 0.3) is 10.9 Å². The fourth-order valence-corrected chi connectivity index (χ4v) is 4.09. The second-order valence-corrected chi connectivity index (χ2v) is 7.75. The molecule has 1 heterocycles. The fourth-order valence-electron chi connectivity index (χ4n) is 2.47. The topological polar surface area (TPSA) is 79.0 Å². The summed E-state index contributed by atoms with van der Waals surface area (Å²) < 4.78 is 27.5. The number of sulfonamides is 1. The first-order chi connectivity index (χ1) is 10.8. The van der Waals surface area contributed by atoms with Gasteiger partial charge < -0.3 is 4.98 Å². The van der Waals surface area contributed by atoms with Crippen LogP contribution in [-0.2, 0) is 10.0 Å². The number of nitrogens with one attached hydrogen (secondary N) is 2. The maximum atomic E-state index is 12.4. The Balaban J connectivity index is 2.31. The van der Waals surface area contributed by atoms with Crippen molar-refractivity contribution in [1.82, 2.24) is 9.71 Å². The summed E-state index contributed by atoms with van der Waals surface area (Å²) in [5.41, 5.74) is 0.998. The van der Waals surface area contributed by atoms with Gasteiger partial charge in [-0.1, -0.05) is 37.8 Å². The number of benzene rings is 1. The van der Waals surface area contributed by atoms with E-state index in [0.29, 0.717) is 23.0 Å². The molecule has 0 amide bonds. The number of pyridine rings is 1. The molecule has 2 N–H and O–H groups in total. The van der Waals surface area contributed by atoms with Crippen LogP contribution in [0.1, 0.15) is 38.2 Å². The zero-order valence-corrected chi connectivity index (χ0v) is 14.9. The molecule has 1 aromatic heterocycles. The van der Waals surface area contributed by atoms with Crippen LogP contribution in [0.3, 0.4) is 0 Å². The molecule has 7 heteroatoms. The summed E-state index contributed by atoms with van der Waals surface area (Å²) in [6, 6.07) is 4.43. The summed E-state index contributed by atoms with van der Waals surface area (Å²) in [6.07, 6.45) is 3.97. The number of hydrogen-bond acceptors (Lipinski definition) is 3. The number of aromatic nitrogens is 1. The van der Waals surface area contributed by atoms with E-state index in [-0.39, 0.29) is 15.5 Å². The van der Waals surface area contributed by atoms with Gasteiger partial charge >= 0.3 is 0 Å². The monoisotopic (exact) mass is 356 g/mol. The Morgan fingerprint density at radius 2 is 1.91 bits per heavy atom. The Bertz CT molecular complexity index is 859. The van der Waals surface area contributed by atoms with Crippen molar-refractivity contribution in [1.29, 1.82) is 0 Å². The van der Waals surface area contributed by atoms with E-state index in [1.54, 1.807) is 6.92 Å². The lowest BCUT2D eigenvalue weighted by Gasteiger charge is -2.10. The van der Waals surface area contributed by atoms with Crippen molar-refractivity contribution in [3.05, 3.63) is 39.1 Å². The Morgan fingerprint density at radius 1 is 1.17 bits per heavy atom. The van der Waals surface area contributed by atoms with Crippen LogP contribution in [0.4, 0.5) is 0 Å². The summed E-state index contributed by atoms with van der Waals surface area (Å²) in [5.74, 6) is 0. The van der Waals surface area contributed by atoms with Crippen molar-refractivity contribution in [3.63, 3.8) is 0 Å². The molecule has 0 aliphatic rings. The first-order valence-electron chi connectivity index (χ1n) is 7.68. The highest BCUT2D eigenvalue weighted by Gasteiger charge is 2.19. The number of rotatable bonds is 7. The van der Waals surface area contributed by atoms with Gasteiger partial charge in [-0.15, -0.1) is 0 Å². The van der Waals surface area contributed by atoms with E-state index in [4.69, 9.17) is 11.6 Å². The zero-order chi connectivity index (χ0) is 17.0. The van der Waals surface area contributed by atoms with E-state index < -0.39 is 10.0 Å². The van der Waals surface area contributed by atoms with Gasteiger partial charge in [-0.3, -0.25) is 4.79 Å². The largest absolute Gasteiger partial charge is 0.322 e. The molecule has 1 aromatic carbocycles. The molecule has 0 unspecified atom stereocenters. The summed E-state index contributed by atoms with van der Waals surface area (Å²) in [6.45, 7) is 4.26. The molecule has 23 heavy (non-hydrogen) atoms. The molecular formula is C16H21ClN2O3S. The lowest BCUT2D eigenvalue weighted by atomic mass is 10.1. The Labute approximate surface area is 141 Å². The molecule has 0 spiro atoms. The number of aromatic amines is 1. The maximum Gasteiger partial charge on any atom is 0.248 e. The fraction of sp³-hybridized carbons (Fsp3) is 0.438. The third kappa shape index (κ3) is 4.34. The predicted molar refractivity (Wildman–Crippen MR) is 93.6 cm³/mol. The molecular weight excluding hydrogens is 336 g/mol. The maximum absolute atomic E-state index is 12.4. The average Bonchev–Trinajstić information content (AvgIpc) is 2.45. The zero-order valence-electron chi connectivity index (χ0n) is 13.3. The quantitative estimate of drug-likeness (QED) is 0.746. The highest BCUT2D eigenvalue weighted by atomic mass is 35.5. The number of unbranched alkanes of at least 4 members (excludes halogenated alkanes) is 3. The van der Waals surface area contributed by atoms with Gasteiger partial charge in [-0.2, -0.15) is 0 Å². The highest BCUT2D eigenvalue weighted by molar-refractivity contribution is 7.89. The normalized spacial score (nSPS) is 12.0. The van der Waals surface area contributed by atoms with E-state index in [0.717, 1.165) is 25.7 Å². The van der Waals surface area contributed by atoms with E-state index in [2.05, 4.69) is 16.6 Å². The van der Waals surface area contributed by atoms with Gasteiger partial charge in [0.25, 0.3) is 0 Å². The summed E-state index contributed by atoms with van der Waals surface area (Å²) >= 11 is 6.11. The van der Waals surface area contributed by atoms with Crippen molar-refractivity contribution in [2.45, 2.75) is 44.4 Å². The number of H-pyrrole nitrogens is 1. The molecule has 5 nitrogen and oxygen atoms in total. The van der Waals surface area contributed by atoms with Gasteiger partial charge in [0.2, 0.25) is 15.6 Å². The lowest BCUT2D eigenvalue weighted by Crippen LogP contribution is -2.25. The van der Waals surface area contributed by atoms with Crippen LogP contribution in [0.2, 0.25) is 5.02 Å². The molecule has 2 aromatic rings. The van der Waals surface area contributed by atoms with E-state index in [9.17, 15) is 13.2 Å². The first-order valence-corrected chi connectivity index (χ1v) is 9.54. The van der Waals surface area contributed by atoms with Gasteiger partial charge in [0, 0.05) is 18.0 Å². The molecule has 0 atom stereocenters. The molecule has 0 aliphatic carbocycles. The molecule has 0 saturated heterocycles. The minimum Gasteiger partial charge on any atom is -0.322 e. The molecule has 0 aliphatic heterocycles. The number of hydrogen-bond donors (Lipinski definition) is 2. The van der Waals surface area contributed by atoms with Crippen LogP contribution >= 0.6 is 11.6 Å². The van der Waals surface area contributed by atoms with Crippen LogP contribution < -0.4 is 10.3 Å². The van der Waals surface area contributed by atoms with Crippen molar-refractivity contribution in [3.8, 4) is 0 Å². The Kier molecular flexibility index (Phi) is 5.84. The van der Waals surface area contributed by atoms with Crippen molar-refractivity contribution in [2.75, 3.05) is 6.54 Å².